The summed E-state index contributed by atoms with van der Waals surface area (Å²) in [6.45, 7) is 5.21. The van der Waals surface area contributed by atoms with E-state index in [-0.39, 0.29) is 5.92 Å². The van der Waals surface area contributed by atoms with E-state index in [2.05, 4.69) is 41.4 Å². The van der Waals surface area contributed by atoms with Crippen molar-refractivity contribution in [2.75, 3.05) is 19.6 Å². The van der Waals surface area contributed by atoms with Crippen LogP contribution in [-0.4, -0.2) is 42.1 Å². The fourth-order valence-corrected chi connectivity index (χ4v) is 6.08. The van der Waals surface area contributed by atoms with E-state index in [1.807, 2.05) is 0 Å². The summed E-state index contributed by atoms with van der Waals surface area (Å²) in [7, 11) is 0. The third kappa shape index (κ3) is 2.76. The van der Waals surface area contributed by atoms with Gasteiger partial charge in [-0.2, -0.15) is 0 Å². The van der Waals surface area contributed by atoms with Crippen LogP contribution in [0, 0.1) is 17.8 Å². The first kappa shape index (κ1) is 18.1. The second-order valence-electron chi connectivity index (χ2n) is 8.79. The number of rotatable bonds is 5. The van der Waals surface area contributed by atoms with E-state index >= 15 is 0 Å². The van der Waals surface area contributed by atoms with E-state index in [0.717, 1.165) is 50.9 Å². The molecular formula is C24H30N2O2. The third-order valence-electron chi connectivity index (χ3n) is 7.37. The van der Waals surface area contributed by atoms with Gasteiger partial charge in [0.2, 0.25) is 0 Å². The van der Waals surface area contributed by atoms with Gasteiger partial charge >= 0.3 is 0 Å². The van der Waals surface area contributed by atoms with Crippen molar-refractivity contribution in [3.8, 4) is 0 Å². The smallest absolute Gasteiger partial charge is 0.163 e. The largest absolute Gasteiger partial charge is 0.367 e. The van der Waals surface area contributed by atoms with Crippen LogP contribution < -0.4 is 5.32 Å². The van der Waals surface area contributed by atoms with Crippen molar-refractivity contribution in [2.45, 2.75) is 51.5 Å². The molecule has 0 amide bonds. The van der Waals surface area contributed by atoms with Crippen LogP contribution in [-0.2, 0) is 9.59 Å². The average Bonchev–Trinajstić information content (AvgIpc) is 3.28. The molecule has 1 heterocycles. The minimum Gasteiger partial charge on any atom is -0.367 e. The molecule has 5 rings (SSSR count). The highest BCUT2D eigenvalue weighted by atomic mass is 16.1. The van der Waals surface area contributed by atoms with E-state index in [1.165, 1.54) is 16.8 Å². The fraction of sp³-hybridized carbons (Fsp3) is 0.583. The summed E-state index contributed by atoms with van der Waals surface area (Å²) in [4.78, 5) is 27.3. The summed E-state index contributed by atoms with van der Waals surface area (Å²) in [6, 6.07) is 0.355. The highest BCUT2D eigenvalue weighted by molar-refractivity contribution is 6.01. The first-order valence-electron chi connectivity index (χ1n) is 11.0. The number of carbonyl (C=O) groups excluding carboxylic acids is 2. The molecule has 1 aliphatic heterocycles. The van der Waals surface area contributed by atoms with E-state index < -0.39 is 0 Å². The predicted molar refractivity (Wildman–Crippen MR) is 110 cm³/mol. The quantitative estimate of drug-likeness (QED) is 0.589. The number of Topliss-reactive ketones (excluding diaryl/α,β-unsaturated/α-hetero) is 2. The van der Waals surface area contributed by atoms with Crippen LogP contribution in [0.1, 0.15) is 45.4 Å². The Kier molecular flexibility index (Phi) is 4.62. The summed E-state index contributed by atoms with van der Waals surface area (Å²) >= 11 is 0. The SMILES string of the molecule is CCNCCCN1C2=CCC3C(=O)CCC3=CC2C2C3=C(C=CC21)C(=O)CC3. The van der Waals surface area contributed by atoms with Gasteiger partial charge in [-0.1, -0.05) is 42.4 Å². The minimum absolute atomic E-state index is 0.109. The molecule has 1 saturated heterocycles. The molecule has 4 nitrogen and oxygen atoms in total. The van der Waals surface area contributed by atoms with Crippen LogP contribution in [0.25, 0.3) is 0 Å². The second kappa shape index (κ2) is 7.14. The Morgan fingerprint density at radius 3 is 2.93 bits per heavy atom. The number of nitrogens with zero attached hydrogens (tertiary/aromatic N) is 1. The summed E-state index contributed by atoms with van der Waals surface area (Å²) in [5, 5.41) is 3.43. The Balaban J connectivity index is 1.51. The number of hydrogen-bond donors (Lipinski definition) is 1. The molecule has 0 radical (unpaired) electrons. The highest BCUT2D eigenvalue weighted by Gasteiger charge is 2.49. The molecule has 0 spiro atoms. The molecule has 2 fully saturated rings. The number of fused-ring (bicyclic) bond motifs is 5. The second-order valence-corrected chi connectivity index (χ2v) is 8.79. The Morgan fingerprint density at radius 2 is 2.07 bits per heavy atom. The van der Waals surface area contributed by atoms with Gasteiger partial charge in [0.15, 0.2) is 5.78 Å². The molecular weight excluding hydrogens is 348 g/mol. The van der Waals surface area contributed by atoms with Crippen LogP contribution in [0.15, 0.2) is 46.7 Å². The zero-order valence-corrected chi connectivity index (χ0v) is 16.7. The van der Waals surface area contributed by atoms with Crippen molar-refractivity contribution < 1.29 is 9.59 Å². The van der Waals surface area contributed by atoms with Gasteiger partial charge in [-0.15, -0.1) is 0 Å². The Bertz CT molecular complexity index is 832. The zero-order chi connectivity index (χ0) is 19.3. The van der Waals surface area contributed by atoms with Gasteiger partial charge in [0.25, 0.3) is 0 Å². The summed E-state index contributed by atoms with van der Waals surface area (Å²) < 4.78 is 0. The standard InChI is InChI=1S/C24H30N2O2/c1-2-25-12-3-13-26-20-8-5-16-15(4-10-22(16)27)14-19(20)24-18-7-11-23(28)17(18)6-9-21(24)26/h6,8-9,14,16,19,21,24-25H,2-5,7,10-13H2,1H3. The van der Waals surface area contributed by atoms with Gasteiger partial charge in [-0.3, -0.25) is 9.59 Å². The maximum Gasteiger partial charge on any atom is 0.163 e. The van der Waals surface area contributed by atoms with Gasteiger partial charge in [0.1, 0.15) is 5.78 Å². The van der Waals surface area contributed by atoms with Crippen molar-refractivity contribution in [2.24, 2.45) is 17.8 Å². The van der Waals surface area contributed by atoms with Gasteiger partial charge in [0, 0.05) is 48.4 Å². The van der Waals surface area contributed by atoms with Crippen LogP contribution in [0.2, 0.25) is 0 Å². The Labute approximate surface area is 167 Å². The number of allylic oxidation sites excluding steroid dienone is 5. The number of nitrogens with one attached hydrogen (secondary N) is 1. The molecule has 4 aliphatic carbocycles. The van der Waals surface area contributed by atoms with Crippen molar-refractivity contribution in [3.05, 3.63) is 46.7 Å². The van der Waals surface area contributed by atoms with E-state index in [1.54, 1.807) is 0 Å². The minimum atomic E-state index is 0.109. The molecule has 4 unspecified atom stereocenters. The predicted octanol–water partition coefficient (Wildman–Crippen LogP) is 3.33. The van der Waals surface area contributed by atoms with Gasteiger partial charge < -0.3 is 10.2 Å². The normalized spacial score (nSPS) is 33.4. The lowest BCUT2D eigenvalue weighted by Crippen LogP contribution is -2.34. The van der Waals surface area contributed by atoms with Crippen LogP contribution in [0.4, 0.5) is 0 Å². The van der Waals surface area contributed by atoms with Crippen LogP contribution in [0.5, 0.6) is 0 Å². The molecule has 148 valence electrons. The van der Waals surface area contributed by atoms with E-state index in [9.17, 15) is 9.59 Å². The van der Waals surface area contributed by atoms with Crippen LogP contribution in [0.3, 0.4) is 0 Å². The molecule has 1 N–H and O–H groups in total. The fourth-order valence-electron chi connectivity index (χ4n) is 6.08. The molecule has 4 heteroatoms. The first-order valence-corrected chi connectivity index (χ1v) is 11.0. The lowest BCUT2D eigenvalue weighted by atomic mass is 9.77. The summed E-state index contributed by atoms with van der Waals surface area (Å²) in [6.07, 6.45) is 14.4. The molecule has 0 aromatic carbocycles. The van der Waals surface area contributed by atoms with Crippen molar-refractivity contribution in [1.82, 2.24) is 10.2 Å². The third-order valence-corrected chi connectivity index (χ3v) is 7.37. The molecule has 0 aromatic heterocycles. The number of ketones is 2. The van der Waals surface area contributed by atoms with E-state index in [0.29, 0.717) is 42.3 Å². The molecule has 0 aromatic rings. The maximum absolute atomic E-state index is 12.4. The monoisotopic (exact) mass is 378 g/mol. The lowest BCUT2D eigenvalue weighted by molar-refractivity contribution is -0.120. The topological polar surface area (TPSA) is 49.4 Å². The first-order chi connectivity index (χ1) is 13.7. The van der Waals surface area contributed by atoms with Crippen molar-refractivity contribution in [1.29, 1.82) is 0 Å². The molecule has 0 bridgehead atoms. The van der Waals surface area contributed by atoms with Gasteiger partial charge in [-0.05, 0) is 38.8 Å². The Hall–Kier alpha value is -1.94. The number of likely N-dealkylation sites (tertiary alicyclic amines) is 1. The maximum atomic E-state index is 12.4. The Morgan fingerprint density at radius 1 is 1.18 bits per heavy atom. The van der Waals surface area contributed by atoms with Crippen molar-refractivity contribution >= 4 is 11.6 Å². The lowest BCUT2D eigenvalue weighted by Gasteiger charge is -2.31. The molecule has 1 saturated carbocycles. The number of hydrogen-bond acceptors (Lipinski definition) is 4. The van der Waals surface area contributed by atoms with E-state index in [4.69, 9.17) is 0 Å². The highest BCUT2D eigenvalue weighted by Crippen LogP contribution is 2.52. The van der Waals surface area contributed by atoms with Crippen molar-refractivity contribution in [3.63, 3.8) is 0 Å². The molecule has 4 atom stereocenters. The summed E-state index contributed by atoms with van der Waals surface area (Å²) in [5.41, 5.74) is 5.12. The summed E-state index contributed by atoms with van der Waals surface area (Å²) in [5.74, 6) is 1.54. The van der Waals surface area contributed by atoms with Gasteiger partial charge in [-0.25, -0.2) is 0 Å². The number of carbonyl (C=O) groups is 2. The van der Waals surface area contributed by atoms with Crippen LogP contribution >= 0.6 is 0 Å². The molecule has 5 aliphatic rings. The zero-order valence-electron chi connectivity index (χ0n) is 16.7. The average molecular weight is 379 g/mol. The van der Waals surface area contributed by atoms with Gasteiger partial charge in [0.05, 0.1) is 6.04 Å². The molecule has 28 heavy (non-hydrogen) atoms.